The normalized spacial score (nSPS) is 10.3. The van der Waals surface area contributed by atoms with E-state index in [1.165, 1.54) is 0 Å². The van der Waals surface area contributed by atoms with Crippen molar-refractivity contribution in [2.75, 3.05) is 11.9 Å². The van der Waals surface area contributed by atoms with Crippen molar-refractivity contribution in [3.63, 3.8) is 0 Å². The lowest BCUT2D eigenvalue weighted by atomic mass is 10.0. The molecular formula is C18H20BrNO2. The molecule has 0 unspecified atom stereocenters. The minimum atomic E-state index is -0.147. The Morgan fingerprint density at radius 3 is 2.27 bits per heavy atom. The van der Waals surface area contributed by atoms with Gasteiger partial charge in [0, 0.05) is 5.69 Å². The first kappa shape index (κ1) is 16.6. The third-order valence-corrected chi connectivity index (χ3v) is 4.11. The molecule has 0 saturated heterocycles. The van der Waals surface area contributed by atoms with E-state index >= 15 is 0 Å². The Kier molecular flexibility index (Phi) is 6.01. The van der Waals surface area contributed by atoms with Gasteiger partial charge in [-0.1, -0.05) is 44.2 Å². The summed E-state index contributed by atoms with van der Waals surface area (Å²) in [5, 5.41) is 2.99. The minimum absolute atomic E-state index is 0.0101. The highest BCUT2D eigenvalue weighted by atomic mass is 79.9. The lowest BCUT2D eigenvalue weighted by Gasteiger charge is -2.15. The molecule has 3 nitrogen and oxygen atoms in total. The zero-order valence-corrected chi connectivity index (χ0v) is 14.4. The Hall–Kier alpha value is -1.81. The van der Waals surface area contributed by atoms with Crippen LogP contribution in [-0.4, -0.2) is 12.5 Å². The number of para-hydroxylation sites is 2. The molecule has 2 aromatic rings. The Labute approximate surface area is 139 Å². The standard InChI is InChI=1S/C18H20BrNO2/c1-3-13-8-7-9-14(4-2)18(13)20-17(21)12-22-16-11-6-5-10-15(16)19/h5-11H,3-4,12H2,1-2H3,(H,20,21). The second-order valence-electron chi connectivity index (χ2n) is 4.93. The van der Waals surface area contributed by atoms with Crippen LogP contribution >= 0.6 is 15.9 Å². The third kappa shape index (κ3) is 4.10. The highest BCUT2D eigenvalue weighted by molar-refractivity contribution is 9.10. The first-order chi connectivity index (χ1) is 10.7. The molecule has 0 atom stereocenters. The lowest BCUT2D eigenvalue weighted by molar-refractivity contribution is -0.118. The zero-order valence-electron chi connectivity index (χ0n) is 12.9. The van der Waals surface area contributed by atoms with Gasteiger partial charge in [0.05, 0.1) is 4.47 Å². The SMILES string of the molecule is CCc1cccc(CC)c1NC(=O)COc1ccccc1Br. The summed E-state index contributed by atoms with van der Waals surface area (Å²) in [5.74, 6) is 0.517. The van der Waals surface area contributed by atoms with Crippen molar-refractivity contribution >= 4 is 27.5 Å². The van der Waals surface area contributed by atoms with Crippen molar-refractivity contribution in [2.45, 2.75) is 26.7 Å². The second-order valence-corrected chi connectivity index (χ2v) is 5.78. The average Bonchev–Trinajstić information content (AvgIpc) is 2.54. The van der Waals surface area contributed by atoms with E-state index < -0.39 is 0 Å². The zero-order chi connectivity index (χ0) is 15.9. The van der Waals surface area contributed by atoms with Crippen molar-refractivity contribution in [2.24, 2.45) is 0 Å². The van der Waals surface area contributed by atoms with E-state index in [4.69, 9.17) is 4.74 Å². The number of rotatable bonds is 6. The molecule has 0 spiro atoms. The number of anilines is 1. The molecule has 2 rings (SSSR count). The van der Waals surface area contributed by atoms with Gasteiger partial charge >= 0.3 is 0 Å². The molecular weight excluding hydrogens is 342 g/mol. The summed E-state index contributed by atoms with van der Waals surface area (Å²) >= 11 is 3.40. The van der Waals surface area contributed by atoms with Crippen LogP contribution in [0.1, 0.15) is 25.0 Å². The topological polar surface area (TPSA) is 38.3 Å². The smallest absolute Gasteiger partial charge is 0.262 e. The molecule has 116 valence electrons. The third-order valence-electron chi connectivity index (χ3n) is 3.46. The molecule has 0 aliphatic rings. The van der Waals surface area contributed by atoms with Crippen molar-refractivity contribution in [1.29, 1.82) is 0 Å². The molecule has 0 aliphatic carbocycles. The number of carbonyl (C=O) groups is 1. The molecule has 0 heterocycles. The van der Waals surface area contributed by atoms with Crippen LogP contribution in [0.2, 0.25) is 0 Å². The van der Waals surface area contributed by atoms with Gasteiger partial charge in [-0.15, -0.1) is 0 Å². The first-order valence-electron chi connectivity index (χ1n) is 7.43. The fraction of sp³-hybridized carbons (Fsp3) is 0.278. The molecule has 0 saturated carbocycles. The van der Waals surface area contributed by atoms with Crippen molar-refractivity contribution in [3.05, 3.63) is 58.1 Å². The lowest BCUT2D eigenvalue weighted by Crippen LogP contribution is -2.21. The van der Waals surface area contributed by atoms with Gasteiger partial charge in [-0.25, -0.2) is 0 Å². The molecule has 22 heavy (non-hydrogen) atoms. The maximum absolute atomic E-state index is 12.2. The summed E-state index contributed by atoms with van der Waals surface area (Å²) in [6.45, 7) is 4.16. The monoisotopic (exact) mass is 361 g/mol. The molecule has 0 radical (unpaired) electrons. The van der Waals surface area contributed by atoms with E-state index in [0.29, 0.717) is 5.75 Å². The average molecular weight is 362 g/mol. The Morgan fingerprint density at radius 2 is 1.68 bits per heavy atom. The molecule has 1 N–H and O–H groups in total. The van der Waals surface area contributed by atoms with Crippen LogP contribution in [0.15, 0.2) is 46.9 Å². The fourth-order valence-electron chi connectivity index (χ4n) is 2.28. The number of ether oxygens (including phenoxy) is 1. The van der Waals surface area contributed by atoms with Gasteiger partial charge in [0.1, 0.15) is 5.75 Å². The van der Waals surface area contributed by atoms with Gasteiger partial charge < -0.3 is 10.1 Å². The second kappa shape index (κ2) is 7.99. The number of halogens is 1. The van der Waals surface area contributed by atoms with Gasteiger partial charge in [0.2, 0.25) is 0 Å². The van der Waals surface area contributed by atoms with Crippen LogP contribution < -0.4 is 10.1 Å². The van der Waals surface area contributed by atoms with E-state index in [1.54, 1.807) is 0 Å². The van der Waals surface area contributed by atoms with E-state index in [9.17, 15) is 4.79 Å². The molecule has 0 bridgehead atoms. The van der Waals surface area contributed by atoms with E-state index in [-0.39, 0.29) is 12.5 Å². The predicted octanol–water partition coefficient (Wildman–Crippen LogP) is 4.59. The number of hydrogen-bond acceptors (Lipinski definition) is 2. The van der Waals surface area contributed by atoms with Crippen LogP contribution in [0.5, 0.6) is 5.75 Å². The van der Waals surface area contributed by atoms with Crippen LogP contribution in [0.4, 0.5) is 5.69 Å². The van der Waals surface area contributed by atoms with Gasteiger partial charge in [0.15, 0.2) is 6.61 Å². The van der Waals surface area contributed by atoms with Crippen LogP contribution in [0.25, 0.3) is 0 Å². The molecule has 0 fully saturated rings. The predicted molar refractivity (Wildman–Crippen MR) is 93.5 cm³/mol. The summed E-state index contributed by atoms with van der Waals surface area (Å²) in [6, 6.07) is 13.6. The van der Waals surface area contributed by atoms with E-state index in [2.05, 4.69) is 35.1 Å². The Bertz CT molecular complexity index is 633. The Morgan fingerprint density at radius 1 is 1.05 bits per heavy atom. The summed E-state index contributed by atoms with van der Waals surface area (Å²) in [7, 11) is 0. The van der Waals surface area contributed by atoms with Gasteiger partial charge in [0.25, 0.3) is 5.91 Å². The minimum Gasteiger partial charge on any atom is -0.483 e. The highest BCUT2D eigenvalue weighted by Crippen LogP contribution is 2.25. The Balaban J connectivity index is 2.05. The number of amides is 1. The summed E-state index contributed by atoms with van der Waals surface area (Å²) < 4.78 is 6.40. The van der Waals surface area contributed by atoms with Gasteiger partial charge in [-0.2, -0.15) is 0 Å². The fourth-order valence-corrected chi connectivity index (χ4v) is 2.68. The largest absolute Gasteiger partial charge is 0.483 e. The number of carbonyl (C=O) groups excluding carboxylic acids is 1. The highest BCUT2D eigenvalue weighted by Gasteiger charge is 2.11. The maximum Gasteiger partial charge on any atom is 0.262 e. The number of benzene rings is 2. The van der Waals surface area contributed by atoms with Crippen LogP contribution in [0.3, 0.4) is 0 Å². The molecule has 1 amide bonds. The first-order valence-corrected chi connectivity index (χ1v) is 8.23. The van der Waals surface area contributed by atoms with Gasteiger partial charge in [-0.3, -0.25) is 4.79 Å². The molecule has 2 aromatic carbocycles. The summed E-state index contributed by atoms with van der Waals surface area (Å²) in [5.41, 5.74) is 3.22. The van der Waals surface area contributed by atoms with Crippen molar-refractivity contribution in [1.82, 2.24) is 0 Å². The van der Waals surface area contributed by atoms with Gasteiger partial charge in [-0.05, 0) is 52.0 Å². The quantitative estimate of drug-likeness (QED) is 0.816. The van der Waals surface area contributed by atoms with Crippen LogP contribution in [-0.2, 0) is 17.6 Å². The number of nitrogens with one attached hydrogen (secondary N) is 1. The molecule has 4 heteroatoms. The van der Waals surface area contributed by atoms with E-state index in [0.717, 1.165) is 34.1 Å². The van der Waals surface area contributed by atoms with E-state index in [1.807, 2.05) is 42.5 Å². The summed E-state index contributed by atoms with van der Waals surface area (Å²) in [6.07, 6.45) is 1.77. The number of hydrogen-bond donors (Lipinski definition) is 1. The van der Waals surface area contributed by atoms with Crippen LogP contribution in [0, 0.1) is 0 Å². The van der Waals surface area contributed by atoms with Crippen molar-refractivity contribution < 1.29 is 9.53 Å². The number of aryl methyl sites for hydroxylation is 2. The van der Waals surface area contributed by atoms with Crippen molar-refractivity contribution in [3.8, 4) is 5.75 Å². The molecule has 0 aromatic heterocycles. The summed E-state index contributed by atoms with van der Waals surface area (Å²) in [4.78, 5) is 12.2. The maximum atomic E-state index is 12.2. The molecule has 0 aliphatic heterocycles.